The van der Waals surface area contributed by atoms with E-state index >= 15 is 0 Å². The highest BCUT2D eigenvalue weighted by Crippen LogP contribution is 2.44. The average molecular weight is 460 g/mol. The van der Waals surface area contributed by atoms with Gasteiger partial charge in [-0.3, -0.25) is 9.59 Å². The molecule has 0 bridgehead atoms. The summed E-state index contributed by atoms with van der Waals surface area (Å²) in [6.07, 6.45) is 1.51. The van der Waals surface area contributed by atoms with Crippen molar-refractivity contribution in [1.29, 1.82) is 0 Å². The fraction of sp³-hybridized carbons (Fsp3) is 0.231. The van der Waals surface area contributed by atoms with Gasteiger partial charge in [-0.1, -0.05) is 18.2 Å². The van der Waals surface area contributed by atoms with Crippen molar-refractivity contribution in [3.05, 3.63) is 83.3 Å². The molecule has 2 aliphatic heterocycles. The monoisotopic (exact) mass is 460 g/mol. The molecule has 0 spiro atoms. The Morgan fingerprint density at radius 2 is 1.97 bits per heavy atom. The molecule has 0 aliphatic carbocycles. The van der Waals surface area contributed by atoms with Gasteiger partial charge in [0.15, 0.2) is 0 Å². The summed E-state index contributed by atoms with van der Waals surface area (Å²) in [5.41, 5.74) is 1.82. The third-order valence-corrected chi connectivity index (χ3v) is 6.21. The molecular weight excluding hydrogens is 436 g/mol. The van der Waals surface area contributed by atoms with Gasteiger partial charge in [0.1, 0.15) is 29.6 Å². The van der Waals surface area contributed by atoms with Crippen molar-refractivity contribution in [3.8, 4) is 11.5 Å². The summed E-state index contributed by atoms with van der Waals surface area (Å²) in [4.78, 5) is 29.9. The lowest BCUT2D eigenvalue weighted by molar-refractivity contribution is -0.140. The van der Waals surface area contributed by atoms with E-state index in [1.54, 1.807) is 54.6 Å². The molecule has 8 nitrogen and oxygen atoms in total. The zero-order valence-electron chi connectivity index (χ0n) is 18.9. The number of likely N-dealkylation sites (N-methyl/N-ethyl adjacent to an activating group) is 1. The minimum absolute atomic E-state index is 0.000358. The quantitative estimate of drug-likeness (QED) is 0.352. The molecule has 1 amide bonds. The fourth-order valence-corrected chi connectivity index (χ4v) is 4.48. The summed E-state index contributed by atoms with van der Waals surface area (Å²) < 4.78 is 16.7. The SMILES string of the molecule is COc1ccccc1C1/C(=C(\O)c2ccc3c(c2)N(C)CCO3)C(=O)C(=O)N1Cc1ccco1. The van der Waals surface area contributed by atoms with Crippen LogP contribution in [0.1, 0.15) is 22.9 Å². The number of carbonyl (C=O) groups is 2. The molecule has 1 atom stereocenters. The Kier molecular flexibility index (Phi) is 5.49. The molecule has 1 unspecified atom stereocenters. The van der Waals surface area contributed by atoms with E-state index in [1.807, 2.05) is 11.9 Å². The molecular formula is C26H24N2O6. The van der Waals surface area contributed by atoms with Crippen molar-refractivity contribution < 1.29 is 28.6 Å². The molecule has 2 aliphatic rings. The number of rotatable bonds is 5. The van der Waals surface area contributed by atoms with Gasteiger partial charge in [-0.05, 0) is 36.4 Å². The highest BCUT2D eigenvalue weighted by atomic mass is 16.5. The summed E-state index contributed by atoms with van der Waals surface area (Å²) in [6, 6.07) is 15.0. The van der Waals surface area contributed by atoms with E-state index in [2.05, 4.69) is 0 Å². The lowest BCUT2D eigenvalue weighted by atomic mass is 9.94. The number of ketones is 1. The topological polar surface area (TPSA) is 92.5 Å². The first-order valence-corrected chi connectivity index (χ1v) is 10.9. The summed E-state index contributed by atoms with van der Waals surface area (Å²) in [7, 11) is 3.46. The number of hydrogen-bond donors (Lipinski definition) is 1. The Morgan fingerprint density at radius 3 is 2.74 bits per heavy atom. The van der Waals surface area contributed by atoms with Crippen molar-refractivity contribution in [1.82, 2.24) is 4.90 Å². The second-order valence-electron chi connectivity index (χ2n) is 8.20. The Balaban J connectivity index is 1.67. The number of likely N-dealkylation sites (tertiary alicyclic amines) is 1. The van der Waals surface area contributed by atoms with Crippen LogP contribution in [0.5, 0.6) is 11.5 Å². The summed E-state index contributed by atoms with van der Waals surface area (Å²) in [5.74, 6) is -0.00459. The number of ether oxygens (including phenoxy) is 2. The third kappa shape index (κ3) is 3.57. The summed E-state index contributed by atoms with van der Waals surface area (Å²) >= 11 is 0. The number of para-hydroxylation sites is 1. The van der Waals surface area contributed by atoms with Crippen LogP contribution >= 0.6 is 0 Å². The van der Waals surface area contributed by atoms with Gasteiger partial charge in [0.25, 0.3) is 11.7 Å². The molecule has 2 aromatic carbocycles. The maximum atomic E-state index is 13.3. The van der Waals surface area contributed by atoms with Crippen LogP contribution in [-0.4, -0.2) is 49.0 Å². The molecule has 0 radical (unpaired) electrons. The summed E-state index contributed by atoms with van der Waals surface area (Å²) in [5, 5.41) is 11.4. The van der Waals surface area contributed by atoms with Crippen LogP contribution in [0.4, 0.5) is 5.69 Å². The van der Waals surface area contributed by atoms with Gasteiger partial charge < -0.3 is 28.8 Å². The molecule has 1 saturated heterocycles. The van der Waals surface area contributed by atoms with Gasteiger partial charge in [-0.15, -0.1) is 0 Å². The molecule has 8 heteroatoms. The van der Waals surface area contributed by atoms with Gasteiger partial charge >= 0.3 is 0 Å². The highest BCUT2D eigenvalue weighted by Gasteiger charge is 2.47. The highest BCUT2D eigenvalue weighted by molar-refractivity contribution is 6.46. The largest absolute Gasteiger partial charge is 0.507 e. The first-order chi connectivity index (χ1) is 16.5. The van der Waals surface area contributed by atoms with Crippen LogP contribution in [0, 0.1) is 0 Å². The van der Waals surface area contributed by atoms with Crippen molar-refractivity contribution in [3.63, 3.8) is 0 Å². The minimum atomic E-state index is -0.855. The Hall–Kier alpha value is -4.20. The van der Waals surface area contributed by atoms with E-state index < -0.39 is 17.7 Å². The molecule has 0 saturated carbocycles. The van der Waals surface area contributed by atoms with Gasteiger partial charge in [-0.25, -0.2) is 0 Å². The van der Waals surface area contributed by atoms with Crippen molar-refractivity contribution in [2.24, 2.45) is 0 Å². The molecule has 1 aromatic heterocycles. The zero-order chi connectivity index (χ0) is 23.8. The third-order valence-electron chi connectivity index (χ3n) is 6.21. The second kappa shape index (κ2) is 8.62. The minimum Gasteiger partial charge on any atom is -0.507 e. The van der Waals surface area contributed by atoms with Crippen LogP contribution in [0.15, 0.2) is 70.9 Å². The molecule has 3 heterocycles. The number of furan rings is 1. The van der Waals surface area contributed by atoms with E-state index in [9.17, 15) is 14.7 Å². The number of anilines is 1. The number of carbonyl (C=O) groups excluding carboxylic acids is 2. The average Bonchev–Trinajstić information content (AvgIpc) is 3.46. The van der Waals surface area contributed by atoms with E-state index in [0.717, 1.165) is 5.69 Å². The van der Waals surface area contributed by atoms with Crippen molar-refractivity contribution in [2.75, 3.05) is 32.2 Å². The Morgan fingerprint density at radius 1 is 1.15 bits per heavy atom. The van der Waals surface area contributed by atoms with E-state index in [4.69, 9.17) is 13.9 Å². The van der Waals surface area contributed by atoms with E-state index in [-0.39, 0.29) is 17.9 Å². The number of benzene rings is 2. The normalized spacial score (nSPS) is 19.2. The zero-order valence-corrected chi connectivity index (χ0v) is 18.9. The van der Waals surface area contributed by atoms with Crippen LogP contribution in [-0.2, 0) is 16.1 Å². The Labute approximate surface area is 196 Å². The Bertz CT molecular complexity index is 1280. The summed E-state index contributed by atoms with van der Waals surface area (Å²) in [6.45, 7) is 1.34. The number of nitrogens with zero attached hydrogens (tertiary/aromatic N) is 2. The number of amides is 1. The lowest BCUT2D eigenvalue weighted by Gasteiger charge is -2.28. The van der Waals surface area contributed by atoms with Crippen molar-refractivity contribution >= 4 is 23.1 Å². The van der Waals surface area contributed by atoms with Crippen LogP contribution in [0.3, 0.4) is 0 Å². The lowest BCUT2D eigenvalue weighted by Crippen LogP contribution is -2.29. The number of methoxy groups -OCH3 is 1. The molecule has 5 rings (SSSR count). The van der Waals surface area contributed by atoms with Gasteiger partial charge in [0.05, 0.1) is 43.8 Å². The molecule has 1 N–H and O–H groups in total. The van der Waals surface area contributed by atoms with Gasteiger partial charge in [0.2, 0.25) is 0 Å². The van der Waals surface area contributed by atoms with Crippen LogP contribution in [0.2, 0.25) is 0 Å². The first kappa shape index (κ1) is 21.6. The van der Waals surface area contributed by atoms with Crippen molar-refractivity contribution in [2.45, 2.75) is 12.6 Å². The molecule has 174 valence electrons. The number of Topliss-reactive ketones (excluding diaryl/α,β-unsaturated/α-hetero) is 1. The maximum absolute atomic E-state index is 13.3. The van der Waals surface area contributed by atoms with Gasteiger partial charge in [-0.2, -0.15) is 0 Å². The van der Waals surface area contributed by atoms with E-state index in [1.165, 1.54) is 18.3 Å². The predicted octanol–water partition coefficient (Wildman–Crippen LogP) is 3.74. The fourth-order valence-electron chi connectivity index (χ4n) is 4.48. The maximum Gasteiger partial charge on any atom is 0.296 e. The number of aliphatic hydroxyl groups is 1. The smallest absolute Gasteiger partial charge is 0.296 e. The standard InChI is InChI=1S/C26H24N2O6/c1-27-11-13-34-21-10-9-16(14-19(21)27)24(29)22-23(18-7-3-4-8-20(18)32-2)28(26(31)25(22)30)15-17-6-5-12-33-17/h3-10,12,14,23,29H,11,13,15H2,1-2H3/b24-22+. The molecule has 1 fully saturated rings. The number of aliphatic hydroxyl groups excluding tert-OH is 1. The second-order valence-corrected chi connectivity index (χ2v) is 8.20. The van der Waals surface area contributed by atoms with Gasteiger partial charge in [0, 0.05) is 18.2 Å². The van der Waals surface area contributed by atoms with Crippen LogP contribution in [0.25, 0.3) is 5.76 Å². The predicted molar refractivity (Wildman–Crippen MR) is 125 cm³/mol. The van der Waals surface area contributed by atoms with E-state index in [0.29, 0.717) is 41.5 Å². The first-order valence-electron chi connectivity index (χ1n) is 10.9. The number of fused-ring (bicyclic) bond motifs is 1. The van der Waals surface area contributed by atoms with Crippen LogP contribution < -0.4 is 14.4 Å². The number of hydrogen-bond acceptors (Lipinski definition) is 7. The molecule has 34 heavy (non-hydrogen) atoms. The molecule has 3 aromatic rings.